The van der Waals surface area contributed by atoms with Crippen LogP contribution in [0.1, 0.15) is 131 Å². The number of amides is 2. The number of likely N-dealkylation sites (tertiary alicyclic amines) is 1. The molecule has 0 atom stereocenters. The summed E-state index contributed by atoms with van der Waals surface area (Å²) in [7, 11) is 2.12. The summed E-state index contributed by atoms with van der Waals surface area (Å²) in [5.41, 5.74) is 14.6. The number of rotatable bonds is 16. The Morgan fingerprint density at radius 1 is 0.573 bits per heavy atom. The number of primary amides is 2. The van der Waals surface area contributed by atoms with E-state index in [0.29, 0.717) is 58.6 Å². The molecule has 0 aliphatic carbocycles. The van der Waals surface area contributed by atoms with E-state index in [1.165, 1.54) is 47.5 Å². The first-order chi connectivity index (χ1) is 34.8. The fraction of sp³-hybridized carbons (Fsp3) is 0.404. The Kier molecular flexibility index (Phi) is 21.1. The smallest absolute Gasteiger partial charge is 0.369 e. The molecular weight excluding hydrogens is 981 g/mol. The van der Waals surface area contributed by atoms with Gasteiger partial charge in [0.05, 0.1) is 35.4 Å². The van der Waals surface area contributed by atoms with Gasteiger partial charge in [0.15, 0.2) is 0 Å². The van der Waals surface area contributed by atoms with Gasteiger partial charge < -0.3 is 21.7 Å². The minimum Gasteiger partial charge on any atom is -0.369 e. The van der Waals surface area contributed by atoms with Crippen molar-refractivity contribution in [1.29, 1.82) is 0 Å². The molecule has 0 spiro atoms. The Labute approximate surface area is 433 Å². The molecule has 10 nitrogen and oxygen atoms in total. The molecule has 75 heavy (non-hydrogen) atoms. The van der Waals surface area contributed by atoms with Crippen LogP contribution in [0.5, 0.6) is 0 Å². The van der Waals surface area contributed by atoms with Crippen LogP contribution in [0.2, 0.25) is 0 Å². The third kappa shape index (κ3) is 17.2. The summed E-state index contributed by atoms with van der Waals surface area (Å²) in [5.74, 6) is -0.744. The van der Waals surface area contributed by atoms with Gasteiger partial charge in [-0.25, -0.2) is 28.7 Å². The zero-order valence-electron chi connectivity index (χ0n) is 40.4. The lowest BCUT2D eigenvalue weighted by molar-refractivity contribution is -0.139. The number of aryl methyl sites for hydroxylation is 4. The Morgan fingerprint density at radius 3 is 1.33 bits per heavy atom. The number of carbonyl (C=O) groups excluding carboxylic acids is 2. The Balaban J connectivity index is 0.000000270. The first-order valence-corrected chi connectivity index (χ1v) is 24.3. The van der Waals surface area contributed by atoms with Crippen LogP contribution in [0.3, 0.4) is 0 Å². The highest BCUT2D eigenvalue weighted by molar-refractivity contribution is 5.77. The van der Waals surface area contributed by atoms with E-state index in [-0.39, 0.29) is 64.8 Å². The standard InChI is InChI=1S/C28H30F4N4O.C27H28F4N4O.2CH4/c1-36-12-10-21(11-13-36)19-4-2-18(3-5-19)14-27-34-17-24(28(30,31)32)25(35-27)9-7-20-6-8-23(29)15-22(20)16-26(33)37;28-22-7-5-19(21(14-22)15-25(32)36)6-8-24-23(27(29,30)31)16-34-26(35-24)13-17-1-3-18(4-2-17)20-9-11-33-12-10-20;;/h2-6,8,15,17,21H,7,9-14,16H2,1H3,(H2,33,37);1-5,7,14,16,20,33H,6,8-13,15H2,(H2,32,36);2*1H4. The van der Waals surface area contributed by atoms with Gasteiger partial charge in [0, 0.05) is 25.2 Å². The monoisotopic (exact) mass is 1050 g/mol. The van der Waals surface area contributed by atoms with E-state index >= 15 is 0 Å². The number of carbonyl (C=O) groups is 2. The van der Waals surface area contributed by atoms with E-state index in [0.717, 1.165) is 75.4 Å². The molecule has 402 valence electrons. The molecular formula is C57H66F8N8O2. The molecule has 2 aromatic heterocycles. The molecule has 0 saturated carbocycles. The van der Waals surface area contributed by atoms with E-state index < -0.39 is 46.9 Å². The lowest BCUT2D eigenvalue weighted by Gasteiger charge is -2.29. The molecule has 2 saturated heterocycles. The molecule has 2 aliphatic rings. The summed E-state index contributed by atoms with van der Waals surface area (Å²) in [5, 5.41) is 3.35. The Hall–Kier alpha value is -6.66. The number of nitrogens with zero attached hydrogens (tertiary/aromatic N) is 5. The molecule has 0 bridgehead atoms. The summed E-state index contributed by atoms with van der Waals surface area (Å²) < 4.78 is 109. The second-order valence-electron chi connectivity index (χ2n) is 18.8. The largest absolute Gasteiger partial charge is 0.419 e. The van der Waals surface area contributed by atoms with E-state index in [1.54, 1.807) is 0 Å². The van der Waals surface area contributed by atoms with Gasteiger partial charge in [-0.1, -0.05) is 75.5 Å². The lowest BCUT2D eigenvalue weighted by atomic mass is 9.89. The highest BCUT2D eigenvalue weighted by Crippen LogP contribution is 2.34. The van der Waals surface area contributed by atoms with Crippen molar-refractivity contribution >= 4 is 11.8 Å². The van der Waals surface area contributed by atoms with Gasteiger partial charge in [0.1, 0.15) is 23.3 Å². The van der Waals surface area contributed by atoms with Gasteiger partial charge in [-0.2, -0.15) is 26.3 Å². The normalized spacial score (nSPS) is 14.5. The van der Waals surface area contributed by atoms with Crippen LogP contribution in [-0.2, 0) is 73.3 Å². The maximum Gasteiger partial charge on any atom is 0.419 e. The van der Waals surface area contributed by atoms with Gasteiger partial charge in [0.25, 0.3) is 0 Å². The maximum absolute atomic E-state index is 13.7. The van der Waals surface area contributed by atoms with Gasteiger partial charge in [0.2, 0.25) is 11.8 Å². The van der Waals surface area contributed by atoms with Crippen LogP contribution in [0.15, 0.2) is 97.3 Å². The molecule has 0 radical (unpaired) electrons. The number of nitrogens with two attached hydrogens (primary N) is 2. The zero-order valence-corrected chi connectivity index (χ0v) is 40.4. The minimum absolute atomic E-state index is 0. The van der Waals surface area contributed by atoms with Crippen LogP contribution < -0.4 is 16.8 Å². The summed E-state index contributed by atoms with van der Waals surface area (Å²) in [6, 6.07) is 24.0. The Bertz CT molecular complexity index is 2830. The van der Waals surface area contributed by atoms with E-state index in [9.17, 15) is 44.7 Å². The number of halogens is 8. The number of nitrogens with one attached hydrogen (secondary N) is 1. The van der Waals surface area contributed by atoms with Crippen LogP contribution in [0, 0.1) is 11.6 Å². The first kappa shape index (κ1) is 59.2. The molecule has 18 heteroatoms. The number of aromatic nitrogens is 4. The van der Waals surface area contributed by atoms with Crippen molar-refractivity contribution in [3.63, 3.8) is 0 Å². The fourth-order valence-electron chi connectivity index (χ4n) is 9.51. The third-order valence-corrected chi connectivity index (χ3v) is 13.5. The molecule has 5 N–H and O–H groups in total. The van der Waals surface area contributed by atoms with Crippen molar-refractivity contribution < 1.29 is 44.7 Å². The highest BCUT2D eigenvalue weighted by atomic mass is 19.4. The van der Waals surface area contributed by atoms with Gasteiger partial charge >= 0.3 is 12.4 Å². The number of benzene rings is 4. The van der Waals surface area contributed by atoms with Crippen molar-refractivity contribution in [3.8, 4) is 0 Å². The summed E-state index contributed by atoms with van der Waals surface area (Å²) in [6.45, 7) is 4.13. The SMILES string of the molecule is C.C.CN1CCC(c2ccc(Cc3ncc(C(F)(F)F)c(CCc4ccc(F)cc4CC(N)=O)n3)cc2)CC1.NC(=O)Cc1cc(F)ccc1CCc1nc(Cc2ccc(C3CCNCC3)cc2)ncc1C(F)(F)F. The molecule has 2 aliphatic heterocycles. The average Bonchev–Trinajstić information content (AvgIpc) is 3.34. The molecule has 0 unspecified atom stereocenters. The first-order valence-electron chi connectivity index (χ1n) is 24.3. The van der Waals surface area contributed by atoms with Crippen LogP contribution in [0.4, 0.5) is 35.1 Å². The minimum atomic E-state index is -4.61. The molecule has 4 heterocycles. The van der Waals surface area contributed by atoms with Crippen molar-refractivity contribution in [2.45, 2.75) is 116 Å². The van der Waals surface area contributed by atoms with Crippen LogP contribution in [0.25, 0.3) is 0 Å². The summed E-state index contributed by atoms with van der Waals surface area (Å²) >= 11 is 0. The highest BCUT2D eigenvalue weighted by Gasteiger charge is 2.36. The second kappa shape index (κ2) is 26.7. The lowest BCUT2D eigenvalue weighted by Crippen LogP contribution is -2.29. The second-order valence-corrected chi connectivity index (χ2v) is 18.8. The number of hydrogen-bond donors (Lipinski definition) is 3. The van der Waals surface area contributed by atoms with E-state index in [4.69, 9.17) is 11.5 Å². The summed E-state index contributed by atoms with van der Waals surface area (Å²) in [6.07, 6.45) is -2.74. The number of piperidine rings is 2. The van der Waals surface area contributed by atoms with Crippen molar-refractivity contribution in [3.05, 3.63) is 188 Å². The number of alkyl halides is 6. The molecule has 2 amide bonds. The summed E-state index contributed by atoms with van der Waals surface area (Å²) in [4.78, 5) is 41.6. The van der Waals surface area contributed by atoms with Gasteiger partial charge in [-0.05, 0) is 165 Å². The fourth-order valence-corrected chi connectivity index (χ4v) is 9.51. The van der Waals surface area contributed by atoms with Gasteiger partial charge in [-0.3, -0.25) is 9.59 Å². The quantitative estimate of drug-likeness (QED) is 0.0810. The zero-order chi connectivity index (χ0) is 52.3. The predicted molar refractivity (Wildman–Crippen MR) is 274 cm³/mol. The van der Waals surface area contributed by atoms with E-state index in [1.807, 2.05) is 24.3 Å². The predicted octanol–water partition coefficient (Wildman–Crippen LogP) is 10.6. The average molecular weight is 1050 g/mol. The Morgan fingerprint density at radius 2 is 0.960 bits per heavy atom. The van der Waals surface area contributed by atoms with Crippen molar-refractivity contribution in [1.82, 2.24) is 30.2 Å². The van der Waals surface area contributed by atoms with Crippen LogP contribution in [-0.4, -0.2) is 69.9 Å². The molecule has 4 aromatic carbocycles. The molecule has 6 aromatic rings. The van der Waals surface area contributed by atoms with Crippen molar-refractivity contribution in [2.75, 3.05) is 33.2 Å². The van der Waals surface area contributed by atoms with E-state index in [2.05, 4.69) is 61.5 Å². The molecule has 8 rings (SSSR count). The van der Waals surface area contributed by atoms with Gasteiger partial charge in [-0.15, -0.1) is 0 Å². The molecule has 2 fully saturated rings. The topological polar surface area (TPSA) is 153 Å². The van der Waals surface area contributed by atoms with Crippen molar-refractivity contribution in [2.24, 2.45) is 11.5 Å². The maximum atomic E-state index is 13.7. The third-order valence-electron chi connectivity index (χ3n) is 13.5. The number of hydrogen-bond acceptors (Lipinski definition) is 8. The van der Waals surface area contributed by atoms with Crippen LogP contribution >= 0.6 is 0 Å².